The van der Waals surface area contributed by atoms with Crippen LogP contribution in [-0.2, 0) is 4.79 Å². The van der Waals surface area contributed by atoms with Crippen LogP contribution in [0.15, 0.2) is 36.8 Å². The molecule has 0 aliphatic rings. The number of aromatic nitrogens is 2. The summed E-state index contributed by atoms with van der Waals surface area (Å²) in [4.78, 5) is 31.4. The predicted octanol–water partition coefficient (Wildman–Crippen LogP) is 2.78. The van der Waals surface area contributed by atoms with Crippen LogP contribution < -0.4 is 10.6 Å². The van der Waals surface area contributed by atoms with Crippen LogP contribution in [-0.4, -0.2) is 28.3 Å². The van der Waals surface area contributed by atoms with E-state index in [2.05, 4.69) is 20.6 Å². The molecule has 2 aromatic rings. The van der Waals surface area contributed by atoms with Gasteiger partial charge in [0.25, 0.3) is 5.91 Å². The molecular formula is C16H16Cl2N4O2. The highest BCUT2D eigenvalue weighted by Crippen LogP contribution is 2.26. The quantitative estimate of drug-likeness (QED) is 0.822. The van der Waals surface area contributed by atoms with E-state index in [9.17, 15) is 9.59 Å². The molecule has 0 saturated heterocycles. The normalized spacial score (nSPS) is 11.6. The van der Waals surface area contributed by atoms with Gasteiger partial charge in [0, 0.05) is 35.4 Å². The average Bonchev–Trinajstić information content (AvgIpc) is 2.55. The third-order valence-electron chi connectivity index (χ3n) is 3.24. The number of halogens is 2. The Balaban J connectivity index is 1.80. The lowest BCUT2D eigenvalue weighted by molar-refractivity contribution is -0.121. The van der Waals surface area contributed by atoms with E-state index in [4.69, 9.17) is 23.2 Å². The van der Waals surface area contributed by atoms with Gasteiger partial charge in [-0.1, -0.05) is 29.3 Å². The van der Waals surface area contributed by atoms with Crippen molar-refractivity contribution in [2.24, 2.45) is 0 Å². The van der Waals surface area contributed by atoms with E-state index < -0.39 is 0 Å². The second-order valence-electron chi connectivity index (χ2n) is 5.05. The fraction of sp³-hybridized carbons (Fsp3) is 0.250. The summed E-state index contributed by atoms with van der Waals surface area (Å²) < 4.78 is 0. The molecule has 0 aliphatic carbocycles. The predicted molar refractivity (Wildman–Crippen MR) is 92.0 cm³/mol. The van der Waals surface area contributed by atoms with Crippen LogP contribution in [0, 0.1) is 0 Å². The van der Waals surface area contributed by atoms with Crippen molar-refractivity contribution in [3.63, 3.8) is 0 Å². The maximum Gasteiger partial charge on any atom is 0.271 e. The average molecular weight is 367 g/mol. The van der Waals surface area contributed by atoms with Gasteiger partial charge in [-0.25, -0.2) is 4.98 Å². The Kier molecular flexibility index (Phi) is 6.52. The van der Waals surface area contributed by atoms with Crippen LogP contribution in [0.3, 0.4) is 0 Å². The third-order valence-corrected chi connectivity index (χ3v) is 3.80. The number of hydrogen-bond donors (Lipinski definition) is 2. The molecule has 2 rings (SSSR count). The van der Waals surface area contributed by atoms with Gasteiger partial charge in [0.05, 0.1) is 12.2 Å². The van der Waals surface area contributed by atoms with Gasteiger partial charge in [0.15, 0.2) is 0 Å². The van der Waals surface area contributed by atoms with Crippen LogP contribution in [0.25, 0.3) is 0 Å². The van der Waals surface area contributed by atoms with E-state index >= 15 is 0 Å². The van der Waals surface area contributed by atoms with E-state index in [1.807, 2.05) is 6.92 Å². The molecule has 2 N–H and O–H groups in total. The summed E-state index contributed by atoms with van der Waals surface area (Å²) in [7, 11) is 0. The molecule has 126 valence electrons. The molecule has 0 bridgehead atoms. The highest BCUT2D eigenvalue weighted by atomic mass is 35.5. The number of hydrogen-bond acceptors (Lipinski definition) is 4. The molecular weight excluding hydrogens is 351 g/mol. The maximum absolute atomic E-state index is 12.0. The van der Waals surface area contributed by atoms with Gasteiger partial charge in [0.2, 0.25) is 5.91 Å². The number of amides is 2. The number of rotatable bonds is 6. The van der Waals surface area contributed by atoms with Gasteiger partial charge in [0.1, 0.15) is 5.69 Å². The third kappa shape index (κ3) is 5.18. The second-order valence-corrected chi connectivity index (χ2v) is 5.90. The molecule has 2 amide bonds. The van der Waals surface area contributed by atoms with Crippen LogP contribution in [0.5, 0.6) is 0 Å². The minimum absolute atomic E-state index is 0.140. The fourth-order valence-electron chi connectivity index (χ4n) is 2.04. The van der Waals surface area contributed by atoms with Crippen LogP contribution in [0.4, 0.5) is 0 Å². The zero-order chi connectivity index (χ0) is 17.5. The van der Waals surface area contributed by atoms with Crippen molar-refractivity contribution in [2.45, 2.75) is 19.4 Å². The molecule has 0 aliphatic heterocycles. The summed E-state index contributed by atoms with van der Waals surface area (Å²) in [5, 5.41) is 6.47. The maximum atomic E-state index is 12.0. The Morgan fingerprint density at radius 2 is 2.04 bits per heavy atom. The highest BCUT2D eigenvalue weighted by Gasteiger charge is 2.13. The number of nitrogens with zero attached hydrogens (tertiary/aromatic N) is 2. The van der Waals surface area contributed by atoms with Crippen LogP contribution in [0.2, 0.25) is 10.0 Å². The van der Waals surface area contributed by atoms with Crippen LogP contribution >= 0.6 is 23.2 Å². The molecule has 0 fully saturated rings. The summed E-state index contributed by atoms with van der Waals surface area (Å²) in [6, 6.07) is 4.85. The van der Waals surface area contributed by atoms with Gasteiger partial charge in [-0.3, -0.25) is 14.6 Å². The van der Waals surface area contributed by atoms with Gasteiger partial charge in [-0.05, 0) is 24.6 Å². The number of benzene rings is 1. The van der Waals surface area contributed by atoms with E-state index in [-0.39, 0.29) is 36.5 Å². The Hall–Kier alpha value is -2.18. The first-order valence-corrected chi connectivity index (χ1v) is 8.01. The summed E-state index contributed by atoms with van der Waals surface area (Å²) >= 11 is 12.0. The van der Waals surface area contributed by atoms with Crippen LogP contribution in [0.1, 0.15) is 35.4 Å². The van der Waals surface area contributed by atoms with Gasteiger partial charge < -0.3 is 10.6 Å². The largest absolute Gasteiger partial charge is 0.350 e. The molecule has 0 unspecified atom stereocenters. The Bertz CT molecular complexity index is 725. The molecule has 1 aromatic heterocycles. The SMILES string of the molecule is C[C@@H](NC(=O)CCNC(=O)c1cnccn1)c1ccc(Cl)cc1Cl. The summed E-state index contributed by atoms with van der Waals surface area (Å²) in [6.07, 6.45) is 4.41. The van der Waals surface area contributed by atoms with E-state index in [0.717, 1.165) is 5.56 Å². The van der Waals surface area contributed by atoms with Crippen molar-refractivity contribution in [1.82, 2.24) is 20.6 Å². The number of carbonyl (C=O) groups excluding carboxylic acids is 2. The Labute approximate surface area is 149 Å². The number of carbonyl (C=O) groups is 2. The van der Waals surface area contributed by atoms with E-state index in [1.165, 1.54) is 18.6 Å². The van der Waals surface area contributed by atoms with Crippen molar-refractivity contribution in [3.8, 4) is 0 Å². The minimum atomic E-state index is -0.371. The first kappa shape index (κ1) is 18.2. The van der Waals surface area contributed by atoms with Crippen molar-refractivity contribution in [1.29, 1.82) is 0 Å². The number of nitrogens with one attached hydrogen (secondary N) is 2. The standard InChI is InChI=1S/C16H16Cl2N4O2/c1-10(12-3-2-11(17)8-13(12)18)22-15(23)4-5-21-16(24)14-9-19-6-7-20-14/h2-3,6-10H,4-5H2,1H3,(H,21,24)(H,22,23)/t10-/m1/s1. The summed E-state index contributed by atoms with van der Waals surface area (Å²) in [5.74, 6) is -0.572. The van der Waals surface area contributed by atoms with Gasteiger partial charge in [-0.15, -0.1) is 0 Å². The zero-order valence-corrected chi connectivity index (χ0v) is 14.4. The molecule has 0 saturated carbocycles. The van der Waals surface area contributed by atoms with Gasteiger partial charge >= 0.3 is 0 Å². The topological polar surface area (TPSA) is 84.0 Å². The lowest BCUT2D eigenvalue weighted by Crippen LogP contribution is -2.32. The Morgan fingerprint density at radius 3 is 2.71 bits per heavy atom. The molecule has 0 radical (unpaired) electrons. The molecule has 24 heavy (non-hydrogen) atoms. The second kappa shape index (κ2) is 8.61. The molecule has 1 heterocycles. The molecule has 1 aromatic carbocycles. The van der Waals surface area contributed by atoms with E-state index in [1.54, 1.807) is 18.2 Å². The molecule has 0 spiro atoms. The monoisotopic (exact) mass is 366 g/mol. The fourth-order valence-corrected chi connectivity index (χ4v) is 2.61. The zero-order valence-electron chi connectivity index (χ0n) is 12.9. The molecule has 1 atom stereocenters. The highest BCUT2D eigenvalue weighted by molar-refractivity contribution is 6.35. The summed E-state index contributed by atoms with van der Waals surface area (Å²) in [6.45, 7) is 2.02. The first-order chi connectivity index (χ1) is 11.5. The van der Waals surface area contributed by atoms with Crippen molar-refractivity contribution in [2.75, 3.05) is 6.54 Å². The first-order valence-electron chi connectivity index (χ1n) is 7.26. The lowest BCUT2D eigenvalue weighted by Gasteiger charge is -2.16. The summed E-state index contributed by atoms with van der Waals surface area (Å²) in [5.41, 5.74) is 0.984. The van der Waals surface area contributed by atoms with Crippen molar-refractivity contribution >= 4 is 35.0 Å². The van der Waals surface area contributed by atoms with Crippen molar-refractivity contribution < 1.29 is 9.59 Å². The van der Waals surface area contributed by atoms with E-state index in [0.29, 0.717) is 10.0 Å². The van der Waals surface area contributed by atoms with Crippen molar-refractivity contribution in [3.05, 3.63) is 58.1 Å². The molecule has 6 nitrogen and oxygen atoms in total. The smallest absolute Gasteiger partial charge is 0.271 e. The Morgan fingerprint density at radius 1 is 1.25 bits per heavy atom. The van der Waals surface area contributed by atoms with Gasteiger partial charge in [-0.2, -0.15) is 0 Å². The minimum Gasteiger partial charge on any atom is -0.350 e. The lowest BCUT2D eigenvalue weighted by atomic mass is 10.1. The molecule has 8 heteroatoms.